The second-order valence-electron chi connectivity index (χ2n) is 4.36. The minimum atomic E-state index is 0.699. The summed E-state index contributed by atoms with van der Waals surface area (Å²) in [6.07, 6.45) is 6.38. The van der Waals surface area contributed by atoms with Crippen molar-refractivity contribution in [1.82, 2.24) is 0 Å². The molecule has 0 radical (unpaired) electrons. The van der Waals surface area contributed by atoms with Gasteiger partial charge in [-0.15, -0.1) is 0 Å². The van der Waals surface area contributed by atoms with Crippen molar-refractivity contribution >= 4 is 5.69 Å². The lowest BCUT2D eigenvalue weighted by Gasteiger charge is -2.13. The summed E-state index contributed by atoms with van der Waals surface area (Å²) >= 11 is 0. The van der Waals surface area contributed by atoms with E-state index in [4.69, 9.17) is 5.73 Å². The third-order valence-corrected chi connectivity index (χ3v) is 3.11. The van der Waals surface area contributed by atoms with Gasteiger partial charge in [0.15, 0.2) is 0 Å². The molecule has 0 saturated heterocycles. The molecule has 3 N–H and O–H groups in total. The van der Waals surface area contributed by atoms with Gasteiger partial charge in [-0.1, -0.05) is 25.0 Å². The molecule has 0 unspecified atom stereocenters. The first kappa shape index (κ1) is 10.5. The molecule has 82 valence electrons. The van der Waals surface area contributed by atoms with E-state index in [1.165, 1.54) is 36.9 Å². The van der Waals surface area contributed by atoms with Gasteiger partial charge in [-0.05, 0) is 43.5 Å². The Morgan fingerprint density at radius 1 is 1.13 bits per heavy atom. The van der Waals surface area contributed by atoms with Crippen molar-refractivity contribution in [2.75, 3.05) is 11.9 Å². The maximum Gasteiger partial charge on any atom is 0.0342 e. The molecule has 1 fully saturated rings. The van der Waals surface area contributed by atoms with Crippen molar-refractivity contribution in [3.05, 3.63) is 29.8 Å². The van der Waals surface area contributed by atoms with Crippen LogP contribution < -0.4 is 11.1 Å². The van der Waals surface area contributed by atoms with Crippen LogP contribution in [0.5, 0.6) is 0 Å². The summed E-state index contributed by atoms with van der Waals surface area (Å²) in [5.74, 6) is 0. The molecule has 15 heavy (non-hydrogen) atoms. The van der Waals surface area contributed by atoms with Crippen molar-refractivity contribution in [1.29, 1.82) is 0 Å². The molecule has 0 spiro atoms. The smallest absolute Gasteiger partial charge is 0.0342 e. The van der Waals surface area contributed by atoms with Gasteiger partial charge in [-0.25, -0.2) is 0 Å². The van der Waals surface area contributed by atoms with Crippen molar-refractivity contribution in [2.45, 2.75) is 38.1 Å². The number of nitrogens with two attached hydrogens (primary N) is 1. The molecular weight excluding hydrogens is 184 g/mol. The Hall–Kier alpha value is -1.02. The van der Waals surface area contributed by atoms with Crippen LogP contribution in [0, 0.1) is 0 Å². The number of nitrogens with one attached hydrogen (secondary N) is 1. The van der Waals surface area contributed by atoms with Crippen molar-refractivity contribution in [3.8, 4) is 0 Å². The lowest BCUT2D eigenvalue weighted by molar-refractivity contribution is 0.755. The summed E-state index contributed by atoms with van der Waals surface area (Å²) in [5, 5.41) is 3.58. The first-order chi connectivity index (χ1) is 7.38. The topological polar surface area (TPSA) is 38.0 Å². The summed E-state index contributed by atoms with van der Waals surface area (Å²) in [5.41, 5.74) is 8.10. The van der Waals surface area contributed by atoms with E-state index < -0.39 is 0 Å². The van der Waals surface area contributed by atoms with E-state index in [1.54, 1.807) is 0 Å². The molecule has 2 nitrogen and oxygen atoms in total. The molecule has 2 heteroatoms. The average molecular weight is 204 g/mol. The van der Waals surface area contributed by atoms with E-state index >= 15 is 0 Å². The van der Waals surface area contributed by atoms with Gasteiger partial charge in [0, 0.05) is 11.7 Å². The Labute approximate surface area is 91.9 Å². The van der Waals surface area contributed by atoms with Crippen molar-refractivity contribution in [3.63, 3.8) is 0 Å². The Kier molecular flexibility index (Phi) is 3.62. The van der Waals surface area contributed by atoms with Crippen LogP contribution in [0.4, 0.5) is 5.69 Å². The molecule has 1 aromatic rings. The zero-order valence-electron chi connectivity index (χ0n) is 9.21. The van der Waals surface area contributed by atoms with Gasteiger partial charge in [0.2, 0.25) is 0 Å². The van der Waals surface area contributed by atoms with E-state index in [-0.39, 0.29) is 0 Å². The van der Waals surface area contributed by atoms with E-state index in [1.807, 2.05) is 0 Å². The fourth-order valence-electron chi connectivity index (χ4n) is 2.24. The van der Waals surface area contributed by atoms with Crippen LogP contribution in [0.2, 0.25) is 0 Å². The first-order valence-corrected chi connectivity index (χ1v) is 5.94. The molecule has 1 saturated carbocycles. The maximum atomic E-state index is 5.52. The zero-order valence-corrected chi connectivity index (χ0v) is 9.21. The molecule has 0 aliphatic heterocycles. The second kappa shape index (κ2) is 5.17. The summed E-state index contributed by atoms with van der Waals surface area (Å²) in [4.78, 5) is 0. The minimum Gasteiger partial charge on any atom is -0.382 e. The monoisotopic (exact) mass is 204 g/mol. The predicted octanol–water partition coefficient (Wildman–Crippen LogP) is 2.54. The number of hydrogen-bond donors (Lipinski definition) is 2. The number of rotatable bonds is 4. The lowest BCUT2D eigenvalue weighted by Crippen LogP contribution is -2.14. The third kappa shape index (κ3) is 2.96. The molecule has 1 aliphatic rings. The molecule has 0 atom stereocenters. The summed E-state index contributed by atoms with van der Waals surface area (Å²) < 4.78 is 0. The molecule has 0 aromatic heterocycles. The fourth-order valence-corrected chi connectivity index (χ4v) is 2.24. The highest BCUT2D eigenvalue weighted by atomic mass is 14.9. The van der Waals surface area contributed by atoms with Crippen LogP contribution in [0.1, 0.15) is 31.2 Å². The highest BCUT2D eigenvalue weighted by Crippen LogP contribution is 2.22. The van der Waals surface area contributed by atoms with E-state index in [0.717, 1.165) is 13.0 Å². The van der Waals surface area contributed by atoms with Crippen molar-refractivity contribution in [2.24, 2.45) is 5.73 Å². The molecule has 1 aliphatic carbocycles. The van der Waals surface area contributed by atoms with Crippen LogP contribution in [0.25, 0.3) is 0 Å². The van der Waals surface area contributed by atoms with Gasteiger partial charge in [0.05, 0.1) is 0 Å². The Morgan fingerprint density at radius 2 is 1.80 bits per heavy atom. The number of benzene rings is 1. The summed E-state index contributed by atoms with van der Waals surface area (Å²) in [7, 11) is 0. The SMILES string of the molecule is NCCc1ccc(NC2CCCC2)cc1. The third-order valence-electron chi connectivity index (χ3n) is 3.11. The van der Waals surface area contributed by atoms with Crippen LogP contribution in [0.15, 0.2) is 24.3 Å². The second-order valence-corrected chi connectivity index (χ2v) is 4.36. The number of hydrogen-bond acceptors (Lipinski definition) is 2. The molecule has 1 aromatic carbocycles. The van der Waals surface area contributed by atoms with Gasteiger partial charge in [-0.3, -0.25) is 0 Å². The molecule has 2 rings (SSSR count). The van der Waals surface area contributed by atoms with E-state index in [9.17, 15) is 0 Å². The normalized spacial score (nSPS) is 16.9. The molecule has 0 heterocycles. The Balaban J connectivity index is 1.91. The first-order valence-electron chi connectivity index (χ1n) is 5.94. The van der Waals surface area contributed by atoms with Crippen LogP contribution in [-0.4, -0.2) is 12.6 Å². The molecule has 0 amide bonds. The highest BCUT2D eigenvalue weighted by Gasteiger charge is 2.13. The lowest BCUT2D eigenvalue weighted by atomic mass is 10.1. The van der Waals surface area contributed by atoms with Gasteiger partial charge in [0.1, 0.15) is 0 Å². The standard InChI is InChI=1S/C13H20N2/c14-10-9-11-5-7-13(8-6-11)15-12-3-1-2-4-12/h5-8,12,15H,1-4,9-10,14H2. The summed E-state index contributed by atoms with van der Waals surface area (Å²) in [6.45, 7) is 0.732. The molecular formula is C13H20N2. The maximum absolute atomic E-state index is 5.52. The van der Waals surface area contributed by atoms with Crippen LogP contribution >= 0.6 is 0 Å². The highest BCUT2D eigenvalue weighted by molar-refractivity contribution is 5.45. The molecule has 0 bridgehead atoms. The van der Waals surface area contributed by atoms with Gasteiger partial charge in [0.25, 0.3) is 0 Å². The Morgan fingerprint density at radius 3 is 2.40 bits per heavy atom. The van der Waals surface area contributed by atoms with Crippen LogP contribution in [0.3, 0.4) is 0 Å². The summed E-state index contributed by atoms with van der Waals surface area (Å²) in [6, 6.07) is 9.38. The largest absolute Gasteiger partial charge is 0.382 e. The fraction of sp³-hybridized carbons (Fsp3) is 0.538. The van der Waals surface area contributed by atoms with Gasteiger partial charge < -0.3 is 11.1 Å². The van der Waals surface area contributed by atoms with Crippen LogP contribution in [-0.2, 0) is 6.42 Å². The van der Waals surface area contributed by atoms with E-state index in [0.29, 0.717) is 6.04 Å². The minimum absolute atomic E-state index is 0.699. The van der Waals surface area contributed by atoms with Gasteiger partial charge in [-0.2, -0.15) is 0 Å². The van der Waals surface area contributed by atoms with E-state index in [2.05, 4.69) is 29.6 Å². The van der Waals surface area contributed by atoms with Gasteiger partial charge >= 0.3 is 0 Å². The van der Waals surface area contributed by atoms with Crippen molar-refractivity contribution < 1.29 is 0 Å². The quantitative estimate of drug-likeness (QED) is 0.791. The predicted molar refractivity (Wildman–Crippen MR) is 65.1 cm³/mol. The number of anilines is 1. The average Bonchev–Trinajstić information content (AvgIpc) is 2.74. The zero-order chi connectivity index (χ0) is 10.5. The Bertz CT molecular complexity index is 286.